The van der Waals surface area contributed by atoms with Crippen molar-refractivity contribution in [1.82, 2.24) is 14.8 Å². The molecule has 1 N–H and O–H groups in total. The molecule has 2 amide bonds. The van der Waals surface area contributed by atoms with Gasteiger partial charge in [0, 0.05) is 37.8 Å². The molecule has 3 heterocycles. The van der Waals surface area contributed by atoms with Crippen LogP contribution in [0.3, 0.4) is 0 Å². The van der Waals surface area contributed by atoms with Crippen molar-refractivity contribution >= 4 is 11.8 Å². The fraction of sp³-hybridized carbons (Fsp3) is 0.381. The molecule has 2 atom stereocenters. The molecule has 2 aliphatic heterocycles. The largest absolute Gasteiger partial charge is 0.394 e. The molecule has 2 aliphatic rings. The van der Waals surface area contributed by atoms with Crippen LogP contribution in [0, 0.1) is 0 Å². The Kier molecular flexibility index (Phi) is 4.44. The second-order valence-electron chi connectivity index (χ2n) is 7.26. The molecule has 0 unspecified atom stereocenters. The number of hydrogen-bond donors (Lipinski definition) is 1. The number of carbonyl (C=O) groups excluding carboxylic acids is 2. The van der Waals surface area contributed by atoms with Crippen LogP contribution in [-0.4, -0.2) is 63.0 Å². The summed E-state index contributed by atoms with van der Waals surface area (Å²) in [5, 5.41) is 10.1. The van der Waals surface area contributed by atoms with Gasteiger partial charge in [0.05, 0.1) is 23.8 Å². The Morgan fingerprint density at radius 1 is 1.19 bits per heavy atom. The smallest absolute Gasteiger partial charge is 0.256 e. The van der Waals surface area contributed by atoms with Crippen molar-refractivity contribution in [1.29, 1.82) is 0 Å². The van der Waals surface area contributed by atoms with Gasteiger partial charge in [0.2, 0.25) is 5.91 Å². The lowest BCUT2D eigenvalue weighted by molar-refractivity contribution is -0.178. The molecule has 4 rings (SSSR count). The number of pyridine rings is 1. The average Bonchev–Trinajstić information content (AvgIpc) is 2.67. The summed E-state index contributed by atoms with van der Waals surface area (Å²) < 4.78 is 0. The predicted molar refractivity (Wildman–Crippen MR) is 100 cm³/mol. The lowest BCUT2D eigenvalue weighted by atomic mass is 9.60. The topological polar surface area (TPSA) is 73.7 Å². The van der Waals surface area contributed by atoms with Gasteiger partial charge in [-0.1, -0.05) is 37.3 Å². The van der Waals surface area contributed by atoms with Gasteiger partial charge in [0.15, 0.2) is 0 Å². The van der Waals surface area contributed by atoms with Crippen LogP contribution in [0.15, 0.2) is 54.9 Å². The van der Waals surface area contributed by atoms with Crippen LogP contribution in [0.2, 0.25) is 0 Å². The summed E-state index contributed by atoms with van der Waals surface area (Å²) in [6.45, 7) is 2.73. The van der Waals surface area contributed by atoms with Crippen molar-refractivity contribution in [3.8, 4) is 0 Å². The Hall–Kier alpha value is -2.73. The van der Waals surface area contributed by atoms with E-state index in [1.807, 2.05) is 37.3 Å². The molecule has 0 radical (unpaired) electrons. The summed E-state index contributed by atoms with van der Waals surface area (Å²) in [4.78, 5) is 33.0. The minimum absolute atomic E-state index is 0.00484. The van der Waals surface area contributed by atoms with Crippen molar-refractivity contribution in [3.05, 3.63) is 66.0 Å². The molecule has 27 heavy (non-hydrogen) atoms. The van der Waals surface area contributed by atoms with Gasteiger partial charge in [-0.2, -0.15) is 0 Å². The molecule has 2 saturated heterocycles. The lowest BCUT2D eigenvalue weighted by Crippen LogP contribution is -2.85. The minimum atomic E-state index is -0.466. The summed E-state index contributed by atoms with van der Waals surface area (Å²) in [5.74, 6) is -0.0446. The number of amides is 2. The normalized spacial score (nSPS) is 22.9. The molecular formula is C21H23N3O3. The molecule has 2 fully saturated rings. The summed E-state index contributed by atoms with van der Waals surface area (Å²) in [5.41, 5.74) is 1.13. The van der Waals surface area contributed by atoms with Crippen LogP contribution in [0.25, 0.3) is 0 Å². The third kappa shape index (κ3) is 2.63. The monoisotopic (exact) mass is 365 g/mol. The first-order valence-electron chi connectivity index (χ1n) is 9.29. The van der Waals surface area contributed by atoms with Crippen molar-refractivity contribution in [2.75, 3.05) is 19.7 Å². The molecule has 140 valence electrons. The second-order valence-corrected chi connectivity index (χ2v) is 7.26. The third-order valence-electron chi connectivity index (χ3n) is 5.83. The van der Waals surface area contributed by atoms with Crippen molar-refractivity contribution < 1.29 is 14.7 Å². The van der Waals surface area contributed by atoms with E-state index in [9.17, 15) is 14.7 Å². The van der Waals surface area contributed by atoms with Crippen LogP contribution in [0.1, 0.15) is 35.2 Å². The van der Waals surface area contributed by atoms with E-state index in [1.165, 1.54) is 0 Å². The molecule has 1 spiro atoms. The van der Waals surface area contributed by atoms with Crippen molar-refractivity contribution in [3.63, 3.8) is 0 Å². The number of hydrogen-bond acceptors (Lipinski definition) is 4. The standard InChI is InChI=1S/C21H23N3O3/c1-2-18(26)23-13-21(14-23)19(15-7-4-3-5-8-15)17(12-25)24(21)20(27)16-9-6-10-22-11-16/h3-11,17,19,25H,2,12-14H2,1H3/t17-,19+/m1/s1. The molecule has 0 bridgehead atoms. The Morgan fingerprint density at radius 3 is 2.52 bits per heavy atom. The minimum Gasteiger partial charge on any atom is -0.394 e. The summed E-state index contributed by atoms with van der Waals surface area (Å²) in [7, 11) is 0. The third-order valence-corrected chi connectivity index (χ3v) is 5.83. The van der Waals surface area contributed by atoms with Crippen molar-refractivity contribution in [2.24, 2.45) is 0 Å². The maximum atomic E-state index is 13.2. The van der Waals surface area contributed by atoms with E-state index in [0.29, 0.717) is 25.1 Å². The van der Waals surface area contributed by atoms with Crippen LogP contribution >= 0.6 is 0 Å². The molecular weight excluding hydrogens is 342 g/mol. The van der Waals surface area contributed by atoms with Gasteiger partial charge >= 0.3 is 0 Å². The zero-order valence-electron chi connectivity index (χ0n) is 15.3. The molecule has 6 heteroatoms. The van der Waals surface area contributed by atoms with E-state index in [4.69, 9.17) is 0 Å². The Balaban J connectivity index is 1.69. The lowest BCUT2D eigenvalue weighted by Gasteiger charge is -2.70. The number of rotatable bonds is 4. The van der Waals surface area contributed by atoms with E-state index in [1.54, 1.807) is 34.3 Å². The number of likely N-dealkylation sites (tertiary alicyclic amines) is 2. The van der Waals surface area contributed by atoms with Crippen LogP contribution in [-0.2, 0) is 4.79 Å². The highest BCUT2D eigenvalue weighted by molar-refractivity contribution is 5.96. The highest BCUT2D eigenvalue weighted by atomic mass is 16.3. The first-order chi connectivity index (χ1) is 13.1. The van der Waals surface area contributed by atoms with Crippen LogP contribution in [0.4, 0.5) is 0 Å². The fourth-order valence-corrected chi connectivity index (χ4v) is 4.63. The van der Waals surface area contributed by atoms with E-state index in [2.05, 4.69) is 4.98 Å². The van der Waals surface area contributed by atoms with E-state index in [-0.39, 0.29) is 30.4 Å². The van der Waals surface area contributed by atoms with Crippen LogP contribution < -0.4 is 0 Å². The second kappa shape index (κ2) is 6.78. The van der Waals surface area contributed by atoms with Gasteiger partial charge in [-0.05, 0) is 17.7 Å². The number of benzene rings is 1. The zero-order valence-corrected chi connectivity index (χ0v) is 15.3. The van der Waals surface area contributed by atoms with Gasteiger partial charge in [0.25, 0.3) is 5.91 Å². The molecule has 0 aliphatic carbocycles. The molecule has 1 aromatic heterocycles. The maximum absolute atomic E-state index is 13.2. The van der Waals surface area contributed by atoms with Crippen LogP contribution in [0.5, 0.6) is 0 Å². The number of aliphatic hydroxyl groups is 1. The van der Waals surface area contributed by atoms with Crippen molar-refractivity contribution in [2.45, 2.75) is 30.8 Å². The maximum Gasteiger partial charge on any atom is 0.256 e. The Bertz CT molecular complexity index is 834. The Labute approximate surface area is 158 Å². The fourth-order valence-electron chi connectivity index (χ4n) is 4.63. The number of nitrogens with zero attached hydrogens (tertiary/aromatic N) is 3. The molecule has 6 nitrogen and oxygen atoms in total. The van der Waals surface area contributed by atoms with Gasteiger partial charge in [-0.25, -0.2) is 0 Å². The van der Waals surface area contributed by atoms with E-state index in [0.717, 1.165) is 5.56 Å². The molecule has 2 aromatic rings. The number of aliphatic hydroxyl groups excluding tert-OH is 1. The van der Waals surface area contributed by atoms with Gasteiger partial charge in [0.1, 0.15) is 0 Å². The SMILES string of the molecule is CCC(=O)N1CC2(C1)[C@@H](c1ccccc1)[C@@H](CO)N2C(=O)c1cccnc1. The number of aromatic nitrogens is 1. The summed E-state index contributed by atoms with van der Waals surface area (Å²) in [6, 6.07) is 13.1. The highest BCUT2D eigenvalue weighted by Gasteiger charge is 2.68. The molecule has 0 saturated carbocycles. The summed E-state index contributed by atoms with van der Waals surface area (Å²) in [6.07, 6.45) is 3.63. The number of carbonyl (C=O) groups is 2. The van der Waals surface area contributed by atoms with E-state index >= 15 is 0 Å². The van der Waals surface area contributed by atoms with Gasteiger partial charge in [-0.15, -0.1) is 0 Å². The highest BCUT2D eigenvalue weighted by Crippen LogP contribution is 2.54. The van der Waals surface area contributed by atoms with E-state index < -0.39 is 5.54 Å². The van der Waals surface area contributed by atoms with Gasteiger partial charge in [-0.3, -0.25) is 14.6 Å². The van der Waals surface area contributed by atoms with Gasteiger partial charge < -0.3 is 14.9 Å². The summed E-state index contributed by atoms with van der Waals surface area (Å²) >= 11 is 0. The average molecular weight is 365 g/mol. The first kappa shape index (κ1) is 17.7. The quantitative estimate of drug-likeness (QED) is 0.895. The Morgan fingerprint density at radius 2 is 1.93 bits per heavy atom. The predicted octanol–water partition coefficient (Wildman–Crippen LogP) is 1.67. The molecule has 1 aromatic carbocycles. The zero-order chi connectivity index (χ0) is 19.0. The first-order valence-corrected chi connectivity index (χ1v) is 9.29.